The van der Waals surface area contributed by atoms with Crippen LogP contribution in [0.25, 0.3) is 6.08 Å². The van der Waals surface area contributed by atoms with Gasteiger partial charge in [-0.15, -0.1) is 0 Å². The molecule has 0 N–H and O–H groups in total. The Kier molecular flexibility index (Phi) is 4.50. The average molecular weight is 360 g/mol. The van der Waals surface area contributed by atoms with Crippen LogP contribution in [-0.2, 0) is 9.84 Å². The number of methoxy groups -OCH3 is 2. The van der Waals surface area contributed by atoms with Crippen molar-refractivity contribution >= 4 is 21.7 Å². The number of rotatable bonds is 5. The van der Waals surface area contributed by atoms with Crippen LogP contribution in [0.15, 0.2) is 47.4 Å². The highest BCUT2D eigenvalue weighted by molar-refractivity contribution is 7.91. The maximum absolute atomic E-state index is 12.5. The van der Waals surface area contributed by atoms with Crippen molar-refractivity contribution in [2.45, 2.75) is 4.90 Å². The number of fused-ring (bicyclic) bond motifs is 1. The Labute approximate surface area is 145 Å². The van der Waals surface area contributed by atoms with Crippen molar-refractivity contribution in [1.29, 1.82) is 0 Å². The first-order valence-electron chi connectivity index (χ1n) is 7.38. The van der Waals surface area contributed by atoms with Gasteiger partial charge in [-0.2, -0.15) is 0 Å². The SMILES string of the molecule is COc1ccc(/C=C/C(=O)c2cc3c(cc2OC)S(=O)(=O)CO3)cc1. The second-order valence-corrected chi connectivity index (χ2v) is 7.25. The zero-order valence-corrected chi connectivity index (χ0v) is 14.5. The van der Waals surface area contributed by atoms with E-state index in [9.17, 15) is 13.2 Å². The van der Waals surface area contributed by atoms with Crippen LogP contribution in [0.3, 0.4) is 0 Å². The molecular formula is C18H16O6S. The molecule has 2 aromatic carbocycles. The summed E-state index contributed by atoms with van der Waals surface area (Å²) in [6.07, 6.45) is 3.06. The number of allylic oxidation sites excluding steroid dienone is 1. The lowest BCUT2D eigenvalue weighted by Gasteiger charge is -2.07. The molecule has 0 radical (unpaired) electrons. The van der Waals surface area contributed by atoms with Crippen LogP contribution in [-0.4, -0.2) is 34.4 Å². The topological polar surface area (TPSA) is 78.9 Å². The summed E-state index contributed by atoms with van der Waals surface area (Å²) in [4.78, 5) is 12.5. The second kappa shape index (κ2) is 6.60. The number of ketones is 1. The van der Waals surface area contributed by atoms with Gasteiger partial charge < -0.3 is 14.2 Å². The predicted molar refractivity (Wildman–Crippen MR) is 92.0 cm³/mol. The maximum atomic E-state index is 12.5. The molecule has 25 heavy (non-hydrogen) atoms. The highest BCUT2D eigenvalue weighted by Crippen LogP contribution is 2.37. The molecule has 0 spiro atoms. The number of carbonyl (C=O) groups is 1. The molecule has 1 heterocycles. The molecule has 130 valence electrons. The van der Waals surface area contributed by atoms with E-state index in [0.29, 0.717) is 0 Å². The fourth-order valence-electron chi connectivity index (χ4n) is 2.44. The summed E-state index contributed by atoms with van der Waals surface area (Å²) in [6.45, 7) is 0. The van der Waals surface area contributed by atoms with E-state index < -0.39 is 15.8 Å². The third-order valence-corrected chi connectivity index (χ3v) is 5.20. The fraction of sp³-hybridized carbons (Fsp3) is 0.167. The number of ether oxygens (including phenoxy) is 3. The summed E-state index contributed by atoms with van der Waals surface area (Å²) in [5, 5.41) is 0. The normalized spacial score (nSPS) is 14.8. The van der Waals surface area contributed by atoms with E-state index in [1.54, 1.807) is 25.3 Å². The molecule has 0 unspecified atom stereocenters. The lowest BCUT2D eigenvalue weighted by molar-refractivity contribution is 0.104. The van der Waals surface area contributed by atoms with Crippen molar-refractivity contribution in [2.24, 2.45) is 0 Å². The van der Waals surface area contributed by atoms with Gasteiger partial charge in [-0.3, -0.25) is 4.79 Å². The standard InChI is InChI=1S/C18H16O6S/c1-22-13-6-3-12(4-7-13)5-8-15(19)14-9-17-18(10-16(14)23-2)25(20,21)11-24-17/h3-10H,11H2,1-2H3/b8-5+. The molecule has 2 aromatic rings. The Morgan fingerprint density at radius 2 is 1.84 bits per heavy atom. The third-order valence-electron chi connectivity index (χ3n) is 3.78. The Hall–Kier alpha value is -2.80. The largest absolute Gasteiger partial charge is 0.497 e. The molecule has 7 heteroatoms. The molecule has 0 fully saturated rings. The Balaban J connectivity index is 1.90. The van der Waals surface area contributed by atoms with Gasteiger partial charge in [-0.05, 0) is 29.8 Å². The fourth-order valence-corrected chi connectivity index (χ4v) is 3.56. The molecule has 0 amide bonds. The van der Waals surface area contributed by atoms with Crippen LogP contribution >= 0.6 is 0 Å². The monoisotopic (exact) mass is 360 g/mol. The minimum atomic E-state index is -3.49. The van der Waals surface area contributed by atoms with E-state index in [1.807, 2.05) is 12.1 Å². The number of hydrogen-bond donors (Lipinski definition) is 0. The molecule has 0 atom stereocenters. The Bertz CT molecular complexity index is 942. The van der Waals surface area contributed by atoms with Gasteiger partial charge in [0.05, 0.1) is 19.8 Å². The molecular weight excluding hydrogens is 344 g/mol. The first kappa shape index (κ1) is 17.0. The van der Waals surface area contributed by atoms with Crippen molar-refractivity contribution in [3.63, 3.8) is 0 Å². The smallest absolute Gasteiger partial charge is 0.217 e. The minimum Gasteiger partial charge on any atom is -0.497 e. The van der Waals surface area contributed by atoms with Gasteiger partial charge in [0.2, 0.25) is 9.84 Å². The van der Waals surface area contributed by atoms with Gasteiger partial charge in [-0.25, -0.2) is 8.42 Å². The van der Waals surface area contributed by atoms with E-state index in [2.05, 4.69) is 0 Å². The number of hydrogen-bond acceptors (Lipinski definition) is 6. The average Bonchev–Trinajstić information content (AvgIpc) is 2.93. The van der Waals surface area contributed by atoms with Crippen molar-refractivity contribution in [2.75, 3.05) is 20.2 Å². The zero-order chi connectivity index (χ0) is 18.0. The van der Waals surface area contributed by atoms with Crippen LogP contribution in [0.1, 0.15) is 15.9 Å². The zero-order valence-electron chi connectivity index (χ0n) is 13.7. The van der Waals surface area contributed by atoms with Crippen LogP contribution in [0.2, 0.25) is 0 Å². The van der Waals surface area contributed by atoms with E-state index in [0.717, 1.165) is 11.3 Å². The van der Waals surface area contributed by atoms with E-state index in [1.165, 1.54) is 25.3 Å². The molecule has 1 aliphatic rings. The number of sulfone groups is 1. The minimum absolute atomic E-state index is 0.0417. The Morgan fingerprint density at radius 1 is 1.12 bits per heavy atom. The number of carbonyl (C=O) groups excluding carboxylic acids is 1. The molecule has 0 aromatic heterocycles. The van der Waals surface area contributed by atoms with Crippen molar-refractivity contribution in [3.05, 3.63) is 53.6 Å². The molecule has 0 saturated carbocycles. The van der Waals surface area contributed by atoms with Crippen LogP contribution < -0.4 is 14.2 Å². The van der Waals surface area contributed by atoms with Crippen LogP contribution in [0, 0.1) is 0 Å². The van der Waals surface area contributed by atoms with Crippen molar-refractivity contribution in [3.8, 4) is 17.2 Å². The predicted octanol–water partition coefficient (Wildman–Crippen LogP) is 2.72. The molecule has 1 aliphatic heterocycles. The molecule has 0 aliphatic carbocycles. The molecule has 6 nitrogen and oxygen atoms in total. The first-order chi connectivity index (χ1) is 11.9. The van der Waals surface area contributed by atoms with Crippen LogP contribution in [0.4, 0.5) is 0 Å². The molecule has 3 rings (SSSR count). The van der Waals surface area contributed by atoms with Gasteiger partial charge in [0.1, 0.15) is 22.1 Å². The lowest BCUT2D eigenvalue weighted by atomic mass is 10.1. The summed E-state index contributed by atoms with van der Waals surface area (Å²) in [7, 11) is -0.523. The summed E-state index contributed by atoms with van der Waals surface area (Å²) in [6, 6.07) is 9.94. The summed E-state index contributed by atoms with van der Waals surface area (Å²) in [5.41, 5.74) is 1.07. The summed E-state index contributed by atoms with van der Waals surface area (Å²) >= 11 is 0. The Morgan fingerprint density at radius 3 is 2.48 bits per heavy atom. The van der Waals surface area contributed by atoms with Gasteiger partial charge >= 0.3 is 0 Å². The lowest BCUT2D eigenvalue weighted by Crippen LogP contribution is -2.02. The van der Waals surface area contributed by atoms with E-state index in [-0.39, 0.29) is 27.7 Å². The summed E-state index contributed by atoms with van der Waals surface area (Å²) < 4.78 is 39.2. The summed E-state index contributed by atoms with van der Waals surface area (Å²) in [5.74, 6) is 0.342. The van der Waals surface area contributed by atoms with Gasteiger partial charge in [-0.1, -0.05) is 18.2 Å². The first-order valence-corrected chi connectivity index (χ1v) is 9.04. The van der Waals surface area contributed by atoms with Gasteiger partial charge in [0.15, 0.2) is 11.7 Å². The quantitative estimate of drug-likeness (QED) is 0.603. The van der Waals surface area contributed by atoms with Crippen molar-refractivity contribution < 1.29 is 27.4 Å². The third kappa shape index (κ3) is 3.36. The highest BCUT2D eigenvalue weighted by Gasteiger charge is 2.30. The van der Waals surface area contributed by atoms with Gasteiger partial charge in [0, 0.05) is 6.07 Å². The van der Waals surface area contributed by atoms with Crippen LogP contribution in [0.5, 0.6) is 17.2 Å². The maximum Gasteiger partial charge on any atom is 0.217 e. The second-order valence-electron chi connectivity index (χ2n) is 5.35. The van der Waals surface area contributed by atoms with Crippen molar-refractivity contribution in [1.82, 2.24) is 0 Å². The van der Waals surface area contributed by atoms with E-state index >= 15 is 0 Å². The van der Waals surface area contributed by atoms with E-state index in [4.69, 9.17) is 14.2 Å². The molecule has 0 bridgehead atoms. The number of benzene rings is 2. The highest BCUT2D eigenvalue weighted by atomic mass is 32.2. The van der Waals surface area contributed by atoms with Gasteiger partial charge in [0.25, 0.3) is 0 Å². The molecule has 0 saturated heterocycles.